The smallest absolute Gasteiger partial charge is 0.305 e. The molecule has 0 aromatic carbocycles. The zero-order valence-corrected chi connectivity index (χ0v) is 25.3. The van der Waals surface area contributed by atoms with Gasteiger partial charge in [0.1, 0.15) is 5.60 Å². The Bertz CT molecular complexity index is 1180. The van der Waals surface area contributed by atoms with Crippen molar-refractivity contribution in [2.24, 2.45) is 10.4 Å². The standard InChI is InChI=1S/C31H48N6O4/c1-5-6-7-8-9-10-11-12-13-18-30(22-32,19-14-15-28(38)40-4)27-20-31(39,23-41-27)26-17-16-25-21-33-29(35-37(25)26)34-24-36(2)3/h16-17,21,24,27,39H,5-15,18-20,23H2,1-4H3/b34-24+/t27-,30+,31-/m0/s1. The summed E-state index contributed by atoms with van der Waals surface area (Å²) in [7, 11) is 5.11. The lowest BCUT2D eigenvalue weighted by Crippen LogP contribution is -2.36. The summed E-state index contributed by atoms with van der Waals surface area (Å²) in [5.74, 6) is -0.00177. The predicted octanol–water partition coefficient (Wildman–Crippen LogP) is 5.70. The Morgan fingerprint density at radius 3 is 2.56 bits per heavy atom. The number of nitrogens with zero attached hydrogens (tertiary/aromatic N) is 6. The first-order valence-corrected chi connectivity index (χ1v) is 15.1. The number of hydrogen-bond acceptors (Lipinski definition) is 8. The number of aromatic nitrogens is 3. The molecule has 226 valence electrons. The van der Waals surface area contributed by atoms with E-state index in [2.05, 4.69) is 28.1 Å². The molecule has 0 radical (unpaired) electrons. The van der Waals surface area contributed by atoms with Gasteiger partial charge in [-0.05, 0) is 31.4 Å². The van der Waals surface area contributed by atoms with Crippen molar-refractivity contribution in [1.29, 1.82) is 5.26 Å². The molecule has 1 saturated heterocycles. The van der Waals surface area contributed by atoms with Crippen molar-refractivity contribution in [1.82, 2.24) is 19.5 Å². The highest BCUT2D eigenvalue weighted by Crippen LogP contribution is 2.46. The van der Waals surface area contributed by atoms with Gasteiger partial charge in [-0.15, -0.1) is 5.10 Å². The molecule has 2 aromatic rings. The van der Waals surface area contributed by atoms with Gasteiger partial charge >= 0.3 is 5.97 Å². The van der Waals surface area contributed by atoms with Crippen molar-refractivity contribution in [2.45, 2.75) is 109 Å². The third-order valence-corrected chi connectivity index (χ3v) is 8.11. The molecule has 0 saturated carbocycles. The fourth-order valence-corrected chi connectivity index (χ4v) is 5.70. The number of carbonyl (C=O) groups is 1. The number of rotatable bonds is 18. The van der Waals surface area contributed by atoms with E-state index in [4.69, 9.17) is 9.47 Å². The number of ether oxygens (including phenoxy) is 2. The maximum atomic E-state index is 11.8. The number of aliphatic imine (C=N–C) groups is 1. The van der Waals surface area contributed by atoms with Crippen LogP contribution in [0, 0.1) is 16.7 Å². The van der Waals surface area contributed by atoms with Crippen LogP contribution < -0.4 is 0 Å². The largest absolute Gasteiger partial charge is 0.469 e. The Labute approximate surface area is 244 Å². The maximum absolute atomic E-state index is 11.8. The summed E-state index contributed by atoms with van der Waals surface area (Å²) in [6.45, 7) is 2.29. The van der Waals surface area contributed by atoms with Gasteiger partial charge < -0.3 is 19.5 Å². The number of fused-ring (bicyclic) bond motifs is 1. The number of nitriles is 1. The maximum Gasteiger partial charge on any atom is 0.305 e. The quantitative estimate of drug-likeness (QED) is 0.105. The van der Waals surface area contributed by atoms with E-state index in [0.29, 0.717) is 25.0 Å². The van der Waals surface area contributed by atoms with Crippen LogP contribution in [0.4, 0.5) is 5.95 Å². The number of aliphatic hydroxyl groups is 1. The summed E-state index contributed by atoms with van der Waals surface area (Å²) in [6.07, 6.45) is 15.8. The molecule has 3 heterocycles. The van der Waals surface area contributed by atoms with Gasteiger partial charge in [0, 0.05) is 26.9 Å². The first-order valence-electron chi connectivity index (χ1n) is 15.1. The van der Waals surface area contributed by atoms with Gasteiger partial charge in [0.05, 0.1) is 55.1 Å². The molecule has 0 unspecified atom stereocenters. The van der Waals surface area contributed by atoms with Crippen LogP contribution in [0.1, 0.15) is 103 Å². The highest BCUT2D eigenvalue weighted by molar-refractivity contribution is 5.69. The minimum absolute atomic E-state index is 0.0578. The van der Waals surface area contributed by atoms with E-state index in [9.17, 15) is 15.2 Å². The van der Waals surface area contributed by atoms with Crippen LogP contribution in [-0.2, 0) is 19.9 Å². The van der Waals surface area contributed by atoms with E-state index in [0.717, 1.165) is 24.8 Å². The summed E-state index contributed by atoms with van der Waals surface area (Å²) in [5, 5.41) is 26.9. The molecule has 0 spiro atoms. The van der Waals surface area contributed by atoms with Gasteiger partial charge in [-0.1, -0.05) is 64.7 Å². The van der Waals surface area contributed by atoms with E-state index < -0.39 is 17.1 Å². The van der Waals surface area contributed by atoms with Gasteiger partial charge in [0.15, 0.2) is 0 Å². The minimum atomic E-state index is -1.32. The molecule has 1 fully saturated rings. The summed E-state index contributed by atoms with van der Waals surface area (Å²) in [4.78, 5) is 22.2. The van der Waals surface area contributed by atoms with Crippen LogP contribution in [0.15, 0.2) is 23.3 Å². The van der Waals surface area contributed by atoms with Gasteiger partial charge in [-0.2, -0.15) is 5.26 Å². The van der Waals surface area contributed by atoms with Crippen molar-refractivity contribution in [3.63, 3.8) is 0 Å². The summed E-state index contributed by atoms with van der Waals surface area (Å²) in [5.41, 5.74) is -0.803. The van der Waals surface area contributed by atoms with Crippen molar-refractivity contribution < 1.29 is 19.4 Å². The van der Waals surface area contributed by atoms with Crippen molar-refractivity contribution in [3.05, 3.63) is 24.0 Å². The molecule has 1 aliphatic heterocycles. The Morgan fingerprint density at radius 2 is 1.90 bits per heavy atom. The van der Waals surface area contributed by atoms with E-state index in [-0.39, 0.29) is 31.4 Å². The van der Waals surface area contributed by atoms with E-state index in [1.165, 1.54) is 45.6 Å². The molecule has 10 heteroatoms. The minimum Gasteiger partial charge on any atom is -0.469 e. The van der Waals surface area contributed by atoms with Crippen molar-refractivity contribution in [3.8, 4) is 6.07 Å². The fraction of sp³-hybridized carbons (Fsp3) is 0.710. The molecular weight excluding hydrogens is 520 g/mol. The number of methoxy groups -OCH3 is 1. The van der Waals surface area contributed by atoms with Crippen LogP contribution in [0.5, 0.6) is 0 Å². The summed E-state index contributed by atoms with van der Waals surface area (Å²) < 4.78 is 12.7. The number of hydrogen-bond donors (Lipinski definition) is 1. The van der Waals surface area contributed by atoms with Crippen LogP contribution >= 0.6 is 0 Å². The second kappa shape index (κ2) is 15.8. The lowest BCUT2D eigenvalue weighted by atomic mass is 9.72. The molecule has 3 rings (SSSR count). The average Bonchev–Trinajstić information content (AvgIpc) is 3.58. The Balaban J connectivity index is 1.72. The van der Waals surface area contributed by atoms with E-state index >= 15 is 0 Å². The third kappa shape index (κ3) is 8.98. The van der Waals surface area contributed by atoms with Crippen LogP contribution in [0.2, 0.25) is 0 Å². The normalized spacial score (nSPS) is 20.3. The van der Waals surface area contributed by atoms with Crippen LogP contribution in [0.3, 0.4) is 0 Å². The lowest BCUT2D eigenvalue weighted by molar-refractivity contribution is -0.140. The van der Waals surface area contributed by atoms with Gasteiger partial charge in [-0.25, -0.2) is 14.5 Å². The second-order valence-corrected chi connectivity index (χ2v) is 11.6. The molecule has 1 aliphatic rings. The third-order valence-electron chi connectivity index (χ3n) is 8.11. The van der Waals surface area contributed by atoms with Gasteiger partial charge in [0.25, 0.3) is 5.95 Å². The molecule has 3 atom stereocenters. The molecule has 1 N–H and O–H groups in total. The topological polar surface area (TPSA) is 125 Å². The number of unbranched alkanes of at least 4 members (excludes halogenated alkanes) is 8. The molecular formula is C31H48N6O4. The molecule has 0 bridgehead atoms. The zero-order valence-electron chi connectivity index (χ0n) is 25.3. The Kier molecular flexibility index (Phi) is 12.5. The van der Waals surface area contributed by atoms with E-state index in [1.54, 1.807) is 22.0 Å². The van der Waals surface area contributed by atoms with Crippen LogP contribution in [-0.4, -0.2) is 70.8 Å². The van der Waals surface area contributed by atoms with Crippen molar-refractivity contribution in [2.75, 3.05) is 27.8 Å². The molecule has 0 aliphatic carbocycles. The van der Waals surface area contributed by atoms with Crippen molar-refractivity contribution >= 4 is 23.8 Å². The van der Waals surface area contributed by atoms with Crippen LogP contribution in [0.25, 0.3) is 5.52 Å². The SMILES string of the molecule is CCCCCCCCCCC[C@](C#N)(CCCC(=O)OC)[C@@H]1C[C@@](O)(c2ccc3cnc(/N=C/N(C)C)nn23)CO1. The average molecular weight is 569 g/mol. The summed E-state index contributed by atoms with van der Waals surface area (Å²) in [6, 6.07) is 6.28. The van der Waals surface area contributed by atoms with E-state index in [1.807, 2.05) is 26.2 Å². The fourth-order valence-electron chi connectivity index (χ4n) is 5.70. The first kappa shape index (κ1) is 32.5. The predicted molar refractivity (Wildman–Crippen MR) is 159 cm³/mol. The van der Waals surface area contributed by atoms with Gasteiger partial charge in [0.2, 0.25) is 0 Å². The molecule has 0 amide bonds. The number of esters is 1. The Morgan fingerprint density at radius 1 is 1.22 bits per heavy atom. The second-order valence-electron chi connectivity index (χ2n) is 11.6. The Hall–Kier alpha value is -3.03. The molecule has 41 heavy (non-hydrogen) atoms. The van der Waals surface area contributed by atoms with Gasteiger partial charge in [-0.3, -0.25) is 4.79 Å². The summed E-state index contributed by atoms with van der Waals surface area (Å²) >= 11 is 0. The number of carbonyl (C=O) groups excluding carboxylic acids is 1. The molecule has 2 aromatic heterocycles. The zero-order chi connectivity index (χ0) is 29.7. The monoisotopic (exact) mass is 568 g/mol. The first-order chi connectivity index (χ1) is 19.8. The highest BCUT2D eigenvalue weighted by atomic mass is 16.5. The lowest BCUT2D eigenvalue weighted by Gasteiger charge is -2.33. The molecule has 10 nitrogen and oxygen atoms in total. The highest BCUT2D eigenvalue weighted by Gasteiger charge is 2.51.